The molecule has 14 heteroatoms. The summed E-state index contributed by atoms with van der Waals surface area (Å²) >= 11 is 11.7. The molecule has 57 heavy (non-hydrogen) atoms. The third-order valence-corrected chi connectivity index (χ3v) is 9.39. The average molecular weight is 845 g/mol. The smallest absolute Gasteiger partial charge is 0.218 e. The fraction of sp³-hybridized carbons (Fsp3) is 0.488. The summed E-state index contributed by atoms with van der Waals surface area (Å²) in [6.45, 7) is 5.86. The molecule has 3 aromatic carbocycles. The Morgan fingerprint density at radius 1 is 0.544 bits per heavy atom. The van der Waals surface area contributed by atoms with E-state index in [4.69, 9.17) is 46.1 Å². The molecule has 0 aliphatic heterocycles. The normalized spacial score (nSPS) is 12.4. The van der Waals surface area contributed by atoms with E-state index in [2.05, 4.69) is 82.0 Å². The topological polar surface area (TPSA) is 178 Å². The largest absolute Gasteiger partial charge is 1.00 e. The lowest BCUT2D eigenvalue weighted by Gasteiger charge is -2.30. The molecule has 0 aliphatic rings. The van der Waals surface area contributed by atoms with Crippen molar-refractivity contribution in [1.82, 2.24) is 0 Å². The maximum Gasteiger partial charge on any atom is 0.218 e. The van der Waals surface area contributed by atoms with Crippen LogP contribution in [0.25, 0.3) is 0 Å². The molecule has 0 bridgehead atoms. The van der Waals surface area contributed by atoms with Crippen molar-refractivity contribution in [3.8, 4) is 0 Å². The Balaban J connectivity index is 0.000000613. The van der Waals surface area contributed by atoms with Crippen LogP contribution in [0.4, 0.5) is 11.4 Å². The van der Waals surface area contributed by atoms with Crippen molar-refractivity contribution in [2.75, 3.05) is 44.4 Å². The van der Waals surface area contributed by atoms with Crippen LogP contribution in [0.3, 0.4) is 0 Å². The van der Waals surface area contributed by atoms with E-state index < -0.39 is 0 Å². The molecule has 0 saturated carbocycles. The second-order valence-corrected chi connectivity index (χ2v) is 15.5. The van der Waals surface area contributed by atoms with Gasteiger partial charge in [-0.2, -0.15) is 9.98 Å². The SMILES string of the molecule is CCCCCCCCCCCC[N+](C)(C)Cc1ccccc1.NC(=NCCCCCCN=C(N)N=C(N)Nc1ccc(Cl)cc1)N=C(N)Nc1ccc(Cl)cc1.[Cl-]. The highest BCUT2D eigenvalue weighted by Crippen LogP contribution is 2.16. The zero-order chi connectivity index (χ0) is 40.9. The highest BCUT2D eigenvalue weighted by atomic mass is 35.5. The third-order valence-electron chi connectivity index (χ3n) is 8.89. The quantitative estimate of drug-likeness (QED) is 0.0290. The summed E-state index contributed by atoms with van der Waals surface area (Å²) in [5.74, 6) is 0.564. The fourth-order valence-electron chi connectivity index (χ4n) is 5.88. The van der Waals surface area contributed by atoms with Crippen LogP contribution in [0, 0.1) is 0 Å². The van der Waals surface area contributed by atoms with Gasteiger partial charge in [0.1, 0.15) is 6.54 Å². The summed E-state index contributed by atoms with van der Waals surface area (Å²) in [6, 6.07) is 25.0. The van der Waals surface area contributed by atoms with Gasteiger partial charge in [0.05, 0.1) is 20.6 Å². The Labute approximate surface area is 358 Å². The summed E-state index contributed by atoms with van der Waals surface area (Å²) in [5, 5.41) is 7.11. The zero-order valence-electron chi connectivity index (χ0n) is 34.4. The van der Waals surface area contributed by atoms with Gasteiger partial charge in [-0.05, 0) is 74.2 Å². The van der Waals surface area contributed by atoms with E-state index in [1.54, 1.807) is 48.5 Å². The number of guanidine groups is 4. The van der Waals surface area contributed by atoms with Crippen LogP contribution in [0.2, 0.25) is 10.0 Å². The molecular formula is C43H68Cl3N11. The summed E-state index contributed by atoms with van der Waals surface area (Å²) in [4.78, 5) is 16.5. The molecule has 0 saturated heterocycles. The average Bonchev–Trinajstić information content (AvgIpc) is 3.15. The van der Waals surface area contributed by atoms with Crippen molar-refractivity contribution in [3.63, 3.8) is 0 Å². The summed E-state index contributed by atoms with van der Waals surface area (Å²) in [5.41, 5.74) is 26.2. The van der Waals surface area contributed by atoms with Gasteiger partial charge in [-0.25, -0.2) is 0 Å². The molecule has 0 heterocycles. The minimum Gasteiger partial charge on any atom is -1.00 e. The van der Waals surface area contributed by atoms with E-state index in [1.807, 2.05) is 0 Å². The maximum absolute atomic E-state index is 5.85. The highest BCUT2D eigenvalue weighted by molar-refractivity contribution is 6.31. The first-order valence-corrected chi connectivity index (χ1v) is 20.9. The predicted octanol–water partition coefficient (Wildman–Crippen LogP) is 6.52. The van der Waals surface area contributed by atoms with Gasteiger partial charge >= 0.3 is 0 Å². The van der Waals surface area contributed by atoms with Gasteiger partial charge in [0.15, 0.2) is 0 Å². The van der Waals surface area contributed by atoms with Crippen molar-refractivity contribution in [3.05, 3.63) is 94.5 Å². The lowest BCUT2D eigenvalue weighted by molar-refractivity contribution is -0.903. The number of nitrogens with two attached hydrogens (primary N) is 4. The molecule has 0 radical (unpaired) electrons. The number of benzene rings is 3. The number of hydrogen-bond donors (Lipinski definition) is 6. The van der Waals surface area contributed by atoms with Gasteiger partial charge in [-0.1, -0.05) is 125 Å². The summed E-state index contributed by atoms with van der Waals surface area (Å²) in [7, 11) is 4.72. The Bertz CT molecular complexity index is 1510. The Morgan fingerprint density at radius 2 is 0.930 bits per heavy atom. The van der Waals surface area contributed by atoms with Crippen molar-refractivity contribution in [1.29, 1.82) is 0 Å². The number of quaternary nitrogens is 1. The number of halogens is 3. The Kier molecular flexibility index (Phi) is 27.8. The van der Waals surface area contributed by atoms with E-state index in [-0.39, 0.29) is 36.2 Å². The van der Waals surface area contributed by atoms with Crippen molar-refractivity contribution < 1.29 is 16.9 Å². The van der Waals surface area contributed by atoms with Crippen LogP contribution in [0.15, 0.2) is 98.8 Å². The Hall–Kier alpha value is -4.03. The second-order valence-electron chi connectivity index (χ2n) is 14.6. The van der Waals surface area contributed by atoms with E-state index in [0.717, 1.165) is 48.1 Å². The minimum atomic E-state index is 0. The molecule has 3 aromatic rings. The molecule has 0 aliphatic carbocycles. The van der Waals surface area contributed by atoms with E-state index in [9.17, 15) is 0 Å². The third kappa shape index (κ3) is 27.3. The lowest BCUT2D eigenvalue weighted by atomic mass is 10.1. The monoisotopic (exact) mass is 843 g/mol. The molecule has 0 amide bonds. The van der Waals surface area contributed by atoms with Gasteiger partial charge < -0.3 is 50.5 Å². The maximum atomic E-state index is 5.85. The molecular weight excluding hydrogens is 777 g/mol. The fourth-order valence-corrected chi connectivity index (χ4v) is 6.14. The molecule has 0 spiro atoms. The number of rotatable bonds is 22. The molecule has 10 N–H and O–H groups in total. The molecule has 3 rings (SSSR count). The number of hydrogen-bond acceptors (Lipinski definition) is 2. The number of aliphatic imine (C=N–C) groups is 4. The van der Waals surface area contributed by atoms with E-state index >= 15 is 0 Å². The van der Waals surface area contributed by atoms with Gasteiger partial charge in [0.25, 0.3) is 0 Å². The molecule has 0 unspecified atom stereocenters. The predicted molar refractivity (Wildman–Crippen MR) is 244 cm³/mol. The highest BCUT2D eigenvalue weighted by Gasteiger charge is 2.15. The van der Waals surface area contributed by atoms with E-state index in [0.29, 0.717) is 23.1 Å². The molecule has 0 atom stereocenters. The van der Waals surface area contributed by atoms with E-state index in [1.165, 1.54) is 76.3 Å². The first-order chi connectivity index (χ1) is 27.0. The minimum absolute atomic E-state index is 0. The number of nitrogens with one attached hydrogen (secondary N) is 2. The summed E-state index contributed by atoms with van der Waals surface area (Å²) in [6.07, 6.45) is 17.9. The second kappa shape index (κ2) is 31.0. The first-order valence-electron chi connectivity index (χ1n) is 20.1. The van der Waals surface area contributed by atoms with Crippen molar-refractivity contribution >= 4 is 58.4 Å². The number of anilines is 2. The molecule has 0 aromatic heterocycles. The lowest BCUT2D eigenvalue weighted by Crippen LogP contribution is -3.00. The van der Waals surface area contributed by atoms with Crippen molar-refractivity contribution in [2.24, 2.45) is 42.9 Å². The number of unbranched alkanes of at least 4 members (excludes halogenated alkanes) is 12. The molecule has 11 nitrogen and oxygen atoms in total. The first kappa shape index (κ1) is 51.0. The van der Waals surface area contributed by atoms with Crippen LogP contribution in [-0.2, 0) is 6.54 Å². The van der Waals surface area contributed by atoms with Gasteiger partial charge in [0, 0.05) is 40.1 Å². The van der Waals surface area contributed by atoms with Crippen LogP contribution in [0.1, 0.15) is 102 Å². The zero-order valence-corrected chi connectivity index (χ0v) is 36.7. The van der Waals surface area contributed by atoms with Crippen LogP contribution in [0.5, 0.6) is 0 Å². The Morgan fingerprint density at radius 3 is 1.35 bits per heavy atom. The molecule has 0 fully saturated rings. The summed E-state index contributed by atoms with van der Waals surface area (Å²) < 4.78 is 1.11. The van der Waals surface area contributed by atoms with Gasteiger partial charge in [-0.15, -0.1) is 0 Å². The van der Waals surface area contributed by atoms with Crippen LogP contribution < -0.4 is 46.0 Å². The van der Waals surface area contributed by atoms with Crippen molar-refractivity contribution in [2.45, 2.75) is 103 Å². The number of nitrogens with zero attached hydrogens (tertiary/aromatic N) is 5. The van der Waals surface area contributed by atoms with Crippen LogP contribution in [-0.4, -0.2) is 62.1 Å². The van der Waals surface area contributed by atoms with Gasteiger partial charge in [0.2, 0.25) is 23.8 Å². The molecule has 316 valence electrons. The van der Waals surface area contributed by atoms with Crippen LogP contribution >= 0.6 is 23.2 Å². The van der Waals surface area contributed by atoms with Gasteiger partial charge in [-0.3, -0.25) is 9.98 Å². The standard InChI is InChI=1S/C22H30Cl2N10.C21H38N.ClH/c23-15-5-9-17(10-6-15)31-21(27)33-19(25)29-13-3-1-2-4-14-30-20(26)34-22(28)32-18-11-7-16(24)8-12-18;1-4-5-6-7-8-9-10-11-12-16-19-22(2,3)20-21-17-14-13-15-18-21;/h5-12H,1-4,13-14H2,(H5,25,27,29,31,33)(H5,26,28,30,32,34);13-15,17-18H,4-12,16,19-20H2,1-3H3;1H/q;+1;/p-1.